The first kappa shape index (κ1) is 31.9. The van der Waals surface area contributed by atoms with Crippen LogP contribution in [0, 0.1) is 20.8 Å². The Balaban J connectivity index is 1.93. The summed E-state index contributed by atoms with van der Waals surface area (Å²) >= 11 is 0. The number of aromatic nitrogens is 4. The molecule has 0 fully saturated rings. The second-order valence-corrected chi connectivity index (χ2v) is 11.9. The van der Waals surface area contributed by atoms with E-state index < -0.39 is 0 Å². The maximum Gasteiger partial charge on any atom is 0.305 e. The number of esters is 2. The first-order valence-corrected chi connectivity index (χ1v) is 15.8. The monoisotopic (exact) mass is 608 g/mol. The molecule has 8 bridgehead atoms. The lowest BCUT2D eigenvalue weighted by molar-refractivity contribution is -0.141. The van der Waals surface area contributed by atoms with Crippen LogP contribution in [0.25, 0.3) is 44.4 Å². The minimum absolute atomic E-state index is 0.251. The third kappa shape index (κ3) is 5.86. The number of carbonyl (C=O) groups excluding carboxylic acids is 2. The topological polar surface area (TPSA) is 110 Å². The number of H-pyrrole nitrogens is 2. The molecule has 2 N–H and O–H groups in total. The highest BCUT2D eigenvalue weighted by Crippen LogP contribution is 2.39. The third-order valence-corrected chi connectivity index (χ3v) is 9.49. The quantitative estimate of drug-likeness (QED) is 0.250. The first-order valence-electron chi connectivity index (χ1n) is 15.8. The fourth-order valence-electron chi connectivity index (χ4n) is 6.75. The number of methoxy groups -OCH3 is 2. The molecule has 2 aliphatic rings. The highest BCUT2D eigenvalue weighted by atomic mass is 16.5. The van der Waals surface area contributed by atoms with E-state index in [4.69, 9.17) is 19.4 Å². The average molecular weight is 609 g/mol. The van der Waals surface area contributed by atoms with Gasteiger partial charge < -0.3 is 19.4 Å². The smallest absolute Gasteiger partial charge is 0.305 e. The Morgan fingerprint density at radius 2 is 1.18 bits per heavy atom. The Morgan fingerprint density at radius 3 is 1.78 bits per heavy atom. The number of hydrogen-bond acceptors (Lipinski definition) is 6. The minimum atomic E-state index is -0.262. The van der Waals surface area contributed by atoms with E-state index in [0.717, 1.165) is 85.5 Å². The predicted molar refractivity (Wildman–Crippen MR) is 181 cm³/mol. The number of ether oxygens (including phenoxy) is 2. The lowest BCUT2D eigenvalue weighted by atomic mass is 9.96. The summed E-state index contributed by atoms with van der Waals surface area (Å²) in [6, 6.07) is 6.40. The SMILES string of the molecule is CCC1=C(C)c2cc3[nH]c(cc4[nH]c(cc5nc(c(C)c1n2)C(C)=C5CCC(=O)OC)c(CCC(=O)OC)c4C)c(C)c3CC. The van der Waals surface area contributed by atoms with Crippen LogP contribution in [0.4, 0.5) is 0 Å². The predicted octanol–water partition coefficient (Wildman–Crippen LogP) is 8.13. The van der Waals surface area contributed by atoms with E-state index in [-0.39, 0.29) is 24.8 Å². The van der Waals surface area contributed by atoms with E-state index in [9.17, 15) is 9.59 Å². The molecule has 0 saturated carbocycles. The van der Waals surface area contributed by atoms with E-state index in [1.807, 2.05) is 0 Å². The number of allylic oxidation sites excluding steroid dienone is 4. The molecule has 8 nitrogen and oxygen atoms in total. The van der Waals surface area contributed by atoms with Crippen LogP contribution in [-0.2, 0) is 31.9 Å². The van der Waals surface area contributed by atoms with Gasteiger partial charge >= 0.3 is 11.9 Å². The summed E-state index contributed by atoms with van der Waals surface area (Å²) in [5.74, 6) is -0.516. The van der Waals surface area contributed by atoms with Gasteiger partial charge in [-0.25, -0.2) is 9.97 Å². The number of aromatic amines is 2. The van der Waals surface area contributed by atoms with Gasteiger partial charge in [-0.05, 0) is 123 Å². The molecule has 0 amide bonds. The zero-order chi connectivity index (χ0) is 32.6. The number of rotatable bonds is 8. The highest BCUT2D eigenvalue weighted by Gasteiger charge is 2.24. The summed E-state index contributed by atoms with van der Waals surface area (Å²) in [5, 5.41) is 0. The number of fused-ring (bicyclic) bond motifs is 8. The van der Waals surface area contributed by atoms with Crippen molar-refractivity contribution in [2.24, 2.45) is 0 Å². The van der Waals surface area contributed by atoms with E-state index in [0.29, 0.717) is 12.8 Å². The van der Waals surface area contributed by atoms with Gasteiger partial charge in [0, 0.05) is 40.5 Å². The zero-order valence-corrected chi connectivity index (χ0v) is 28.0. The molecule has 0 spiro atoms. The van der Waals surface area contributed by atoms with Crippen molar-refractivity contribution in [1.82, 2.24) is 19.9 Å². The lowest BCUT2D eigenvalue weighted by Crippen LogP contribution is -2.02. The van der Waals surface area contributed by atoms with Gasteiger partial charge in [-0.15, -0.1) is 0 Å². The van der Waals surface area contributed by atoms with Crippen LogP contribution in [0.1, 0.15) is 104 Å². The van der Waals surface area contributed by atoms with Gasteiger partial charge in [0.15, 0.2) is 0 Å². The summed E-state index contributed by atoms with van der Waals surface area (Å²) in [4.78, 5) is 42.2. The van der Waals surface area contributed by atoms with Crippen LogP contribution in [0.5, 0.6) is 0 Å². The molecule has 0 aromatic carbocycles. The van der Waals surface area contributed by atoms with Crippen molar-refractivity contribution in [3.05, 3.63) is 68.8 Å². The summed E-state index contributed by atoms with van der Waals surface area (Å²) in [6.07, 6.45) is 3.28. The van der Waals surface area contributed by atoms with E-state index in [1.165, 1.54) is 36.5 Å². The van der Waals surface area contributed by atoms with Crippen LogP contribution in [0.15, 0.2) is 18.2 Å². The molecule has 3 aromatic heterocycles. The van der Waals surface area contributed by atoms with Crippen LogP contribution in [0.3, 0.4) is 0 Å². The van der Waals surface area contributed by atoms with Crippen LogP contribution < -0.4 is 0 Å². The lowest BCUT2D eigenvalue weighted by Gasteiger charge is -2.07. The Labute approximate surface area is 265 Å². The first-order chi connectivity index (χ1) is 21.5. The standard InChI is InChI=1S/C37H44N4O4/c1-10-24-19(3)28-16-29-21(5)26(12-14-34(42)44-8)32(39-29)18-33-27(13-15-35(43)45-9)22(6)36(41-33)23(7)37-25(11-2)20(4)30(40-37)17-31(24)38-28/h16-18,38-39H,10-15H2,1-9H3. The maximum absolute atomic E-state index is 12.2. The Hall–Kier alpha value is -4.46. The van der Waals surface area contributed by atoms with Gasteiger partial charge in [-0.2, -0.15) is 0 Å². The van der Waals surface area contributed by atoms with Crippen molar-refractivity contribution in [2.75, 3.05) is 14.2 Å². The van der Waals surface area contributed by atoms with Crippen LogP contribution in [0.2, 0.25) is 0 Å². The van der Waals surface area contributed by atoms with Crippen LogP contribution >= 0.6 is 0 Å². The van der Waals surface area contributed by atoms with E-state index >= 15 is 0 Å². The second kappa shape index (κ2) is 12.9. The minimum Gasteiger partial charge on any atom is -0.469 e. The highest BCUT2D eigenvalue weighted by molar-refractivity contribution is 5.97. The number of hydrogen-bond donors (Lipinski definition) is 2. The molecule has 3 aromatic rings. The number of nitrogens with zero attached hydrogens (tertiary/aromatic N) is 2. The molecule has 0 atom stereocenters. The van der Waals surface area contributed by atoms with Gasteiger partial charge in [0.25, 0.3) is 0 Å². The molecular formula is C37H44N4O4. The second-order valence-electron chi connectivity index (χ2n) is 11.9. The zero-order valence-electron chi connectivity index (χ0n) is 28.0. The molecule has 5 heterocycles. The van der Waals surface area contributed by atoms with Crippen molar-refractivity contribution in [3.63, 3.8) is 0 Å². The number of nitrogens with one attached hydrogen (secondary N) is 2. The van der Waals surface area contributed by atoms with Crippen molar-refractivity contribution < 1.29 is 19.1 Å². The Kier molecular flexibility index (Phi) is 9.14. The maximum atomic E-state index is 12.2. The summed E-state index contributed by atoms with van der Waals surface area (Å²) < 4.78 is 9.96. The molecule has 2 aliphatic heterocycles. The molecule has 0 saturated heterocycles. The van der Waals surface area contributed by atoms with Gasteiger partial charge in [0.05, 0.1) is 37.0 Å². The number of aryl methyl sites for hydroxylation is 4. The van der Waals surface area contributed by atoms with E-state index in [1.54, 1.807) is 0 Å². The Bertz CT molecular complexity index is 1940. The van der Waals surface area contributed by atoms with Crippen LogP contribution in [-0.4, -0.2) is 46.1 Å². The summed E-state index contributed by atoms with van der Waals surface area (Å²) in [7, 11) is 2.83. The molecule has 5 rings (SSSR count). The molecule has 0 unspecified atom stereocenters. The van der Waals surface area contributed by atoms with Gasteiger partial charge in [0.2, 0.25) is 0 Å². The molecule has 236 valence electrons. The van der Waals surface area contributed by atoms with Crippen molar-refractivity contribution in [3.8, 4) is 0 Å². The van der Waals surface area contributed by atoms with E-state index in [2.05, 4.69) is 76.6 Å². The molecule has 0 radical (unpaired) electrons. The number of carbonyl (C=O) groups is 2. The van der Waals surface area contributed by atoms with Gasteiger partial charge in [-0.3, -0.25) is 9.59 Å². The summed E-state index contributed by atoms with van der Waals surface area (Å²) in [6.45, 7) is 14.9. The molecular weight excluding hydrogens is 564 g/mol. The fraction of sp³-hybridized carbons (Fsp3) is 0.405. The Morgan fingerprint density at radius 1 is 0.622 bits per heavy atom. The largest absolute Gasteiger partial charge is 0.469 e. The molecule has 8 heteroatoms. The summed E-state index contributed by atoms with van der Waals surface area (Å²) in [5.41, 5.74) is 17.6. The van der Waals surface area contributed by atoms with Gasteiger partial charge in [0.1, 0.15) is 0 Å². The average Bonchev–Trinajstić information content (AvgIpc) is 3.71. The van der Waals surface area contributed by atoms with Crippen molar-refractivity contribution in [1.29, 1.82) is 0 Å². The normalized spacial score (nSPS) is 13.1. The molecule has 0 aliphatic carbocycles. The molecule has 45 heavy (non-hydrogen) atoms. The van der Waals surface area contributed by atoms with Crippen molar-refractivity contribution in [2.45, 2.75) is 87.0 Å². The fourth-order valence-corrected chi connectivity index (χ4v) is 6.75. The third-order valence-electron chi connectivity index (χ3n) is 9.49. The van der Waals surface area contributed by atoms with Crippen molar-refractivity contribution >= 4 is 56.3 Å². The van der Waals surface area contributed by atoms with Gasteiger partial charge in [-0.1, -0.05) is 13.8 Å².